The first kappa shape index (κ1) is 18.6. The molecule has 0 saturated heterocycles. The van der Waals surface area contributed by atoms with E-state index in [9.17, 15) is 9.59 Å². The van der Waals surface area contributed by atoms with Gasteiger partial charge in [0, 0.05) is 19.7 Å². The van der Waals surface area contributed by atoms with E-state index in [2.05, 4.69) is 5.32 Å². The molecule has 0 saturated carbocycles. The number of amides is 2. The van der Waals surface area contributed by atoms with Gasteiger partial charge in [-0.3, -0.25) is 4.79 Å². The van der Waals surface area contributed by atoms with E-state index in [1.165, 1.54) is 4.90 Å². The van der Waals surface area contributed by atoms with E-state index in [1.807, 2.05) is 25.1 Å². The number of nitrogens with one attached hydrogen (secondary N) is 1. The molecule has 0 heterocycles. The van der Waals surface area contributed by atoms with Gasteiger partial charge in [-0.15, -0.1) is 0 Å². The molecular weight excluding hydrogens is 300 g/mol. The van der Waals surface area contributed by atoms with Crippen molar-refractivity contribution in [1.82, 2.24) is 10.2 Å². The SMILES string of the molecule is COc1cccc(OC(C)CNC(=O)N(C)CC(C)C(=O)O)c1. The van der Waals surface area contributed by atoms with Crippen LogP contribution in [0.5, 0.6) is 11.5 Å². The molecule has 2 atom stereocenters. The monoisotopic (exact) mass is 324 g/mol. The van der Waals surface area contributed by atoms with Crippen LogP contribution in [-0.2, 0) is 4.79 Å². The molecule has 7 nitrogen and oxygen atoms in total. The summed E-state index contributed by atoms with van der Waals surface area (Å²) in [5.74, 6) is -0.198. The zero-order valence-corrected chi connectivity index (χ0v) is 13.9. The fourth-order valence-electron chi connectivity index (χ4n) is 1.89. The van der Waals surface area contributed by atoms with Crippen LogP contribution in [0.3, 0.4) is 0 Å². The molecule has 0 aromatic heterocycles. The molecule has 1 aromatic carbocycles. The van der Waals surface area contributed by atoms with Gasteiger partial charge in [-0.25, -0.2) is 4.79 Å². The van der Waals surface area contributed by atoms with E-state index < -0.39 is 11.9 Å². The molecular formula is C16H24N2O5. The largest absolute Gasteiger partial charge is 0.497 e. The number of aliphatic carboxylic acids is 1. The topological polar surface area (TPSA) is 88.1 Å². The predicted molar refractivity (Wildman–Crippen MR) is 85.9 cm³/mol. The zero-order chi connectivity index (χ0) is 17.4. The highest BCUT2D eigenvalue weighted by Crippen LogP contribution is 2.19. The summed E-state index contributed by atoms with van der Waals surface area (Å²) in [4.78, 5) is 24.0. The van der Waals surface area contributed by atoms with Gasteiger partial charge in [0.15, 0.2) is 0 Å². The summed E-state index contributed by atoms with van der Waals surface area (Å²) in [6.45, 7) is 3.84. The van der Waals surface area contributed by atoms with Crippen LogP contribution in [0.2, 0.25) is 0 Å². The molecule has 7 heteroatoms. The Balaban J connectivity index is 2.41. The molecule has 0 spiro atoms. The molecule has 1 rings (SSSR count). The summed E-state index contributed by atoms with van der Waals surface area (Å²) >= 11 is 0. The number of carbonyl (C=O) groups is 2. The van der Waals surface area contributed by atoms with Gasteiger partial charge < -0.3 is 24.8 Å². The number of benzene rings is 1. The number of hydrogen-bond donors (Lipinski definition) is 2. The summed E-state index contributed by atoms with van der Waals surface area (Å²) in [7, 11) is 3.14. The molecule has 23 heavy (non-hydrogen) atoms. The lowest BCUT2D eigenvalue weighted by Crippen LogP contribution is -2.43. The normalized spacial score (nSPS) is 12.9. The van der Waals surface area contributed by atoms with Crippen LogP contribution < -0.4 is 14.8 Å². The van der Waals surface area contributed by atoms with Gasteiger partial charge in [-0.05, 0) is 19.1 Å². The third-order valence-electron chi connectivity index (χ3n) is 3.24. The van der Waals surface area contributed by atoms with Gasteiger partial charge in [-0.2, -0.15) is 0 Å². The first-order valence-corrected chi connectivity index (χ1v) is 7.36. The molecule has 2 amide bonds. The van der Waals surface area contributed by atoms with Crippen LogP contribution in [0, 0.1) is 5.92 Å². The lowest BCUT2D eigenvalue weighted by molar-refractivity contribution is -0.141. The van der Waals surface area contributed by atoms with Crippen molar-refractivity contribution in [2.75, 3.05) is 27.2 Å². The summed E-state index contributed by atoms with van der Waals surface area (Å²) < 4.78 is 10.8. The number of ether oxygens (including phenoxy) is 2. The summed E-state index contributed by atoms with van der Waals surface area (Å²) in [6.07, 6.45) is -0.239. The quantitative estimate of drug-likeness (QED) is 0.761. The van der Waals surface area contributed by atoms with Crippen LogP contribution in [0.4, 0.5) is 4.79 Å². The van der Waals surface area contributed by atoms with Crippen LogP contribution in [0.1, 0.15) is 13.8 Å². The molecule has 2 N–H and O–H groups in total. The van der Waals surface area contributed by atoms with Gasteiger partial charge in [0.2, 0.25) is 0 Å². The minimum atomic E-state index is -0.931. The third-order valence-corrected chi connectivity index (χ3v) is 3.24. The lowest BCUT2D eigenvalue weighted by Gasteiger charge is -2.22. The fourth-order valence-corrected chi connectivity index (χ4v) is 1.89. The number of urea groups is 1. The molecule has 128 valence electrons. The Bertz CT molecular complexity index is 535. The Morgan fingerprint density at radius 3 is 2.57 bits per heavy atom. The minimum absolute atomic E-state index is 0.145. The van der Waals surface area contributed by atoms with Gasteiger partial charge >= 0.3 is 12.0 Å². The number of nitrogens with zero attached hydrogens (tertiary/aromatic N) is 1. The smallest absolute Gasteiger partial charge is 0.317 e. The van der Waals surface area contributed by atoms with Crippen molar-refractivity contribution in [3.8, 4) is 11.5 Å². The summed E-state index contributed by atoms with van der Waals surface area (Å²) in [5.41, 5.74) is 0. The highest BCUT2D eigenvalue weighted by atomic mass is 16.5. The van der Waals surface area contributed by atoms with Crippen molar-refractivity contribution in [1.29, 1.82) is 0 Å². The van der Waals surface area contributed by atoms with Crippen molar-refractivity contribution >= 4 is 12.0 Å². The molecule has 2 unspecified atom stereocenters. The molecule has 0 radical (unpaired) electrons. The van der Waals surface area contributed by atoms with Crippen LogP contribution in [0.15, 0.2) is 24.3 Å². The molecule has 0 aliphatic heterocycles. The Morgan fingerprint density at radius 2 is 1.96 bits per heavy atom. The zero-order valence-electron chi connectivity index (χ0n) is 13.9. The average molecular weight is 324 g/mol. The molecule has 0 bridgehead atoms. The van der Waals surface area contributed by atoms with Crippen LogP contribution in [0.25, 0.3) is 0 Å². The second kappa shape index (κ2) is 8.87. The minimum Gasteiger partial charge on any atom is -0.497 e. The van der Waals surface area contributed by atoms with Crippen molar-refractivity contribution in [3.05, 3.63) is 24.3 Å². The second-order valence-corrected chi connectivity index (χ2v) is 5.41. The van der Waals surface area contributed by atoms with Gasteiger partial charge in [0.1, 0.15) is 17.6 Å². The van der Waals surface area contributed by atoms with E-state index in [4.69, 9.17) is 14.6 Å². The van der Waals surface area contributed by atoms with Crippen molar-refractivity contribution in [2.45, 2.75) is 20.0 Å². The van der Waals surface area contributed by atoms with Gasteiger partial charge in [-0.1, -0.05) is 13.0 Å². The summed E-state index contributed by atoms with van der Waals surface area (Å²) in [6, 6.07) is 6.87. The van der Waals surface area contributed by atoms with Crippen molar-refractivity contribution in [3.63, 3.8) is 0 Å². The number of carbonyl (C=O) groups excluding carboxylic acids is 1. The van der Waals surface area contributed by atoms with Crippen molar-refractivity contribution < 1.29 is 24.2 Å². The Hall–Kier alpha value is -2.44. The molecule has 0 aliphatic carbocycles. The van der Waals surface area contributed by atoms with Crippen LogP contribution >= 0.6 is 0 Å². The van der Waals surface area contributed by atoms with E-state index >= 15 is 0 Å². The number of carboxylic acids is 1. The highest BCUT2D eigenvalue weighted by molar-refractivity contribution is 5.75. The molecule has 0 aliphatic rings. The first-order valence-electron chi connectivity index (χ1n) is 7.36. The number of hydrogen-bond acceptors (Lipinski definition) is 4. The lowest BCUT2D eigenvalue weighted by atomic mass is 10.2. The standard InChI is InChI=1S/C16H24N2O5/c1-11(15(19)20)10-18(3)16(21)17-9-12(2)23-14-7-5-6-13(8-14)22-4/h5-8,11-12H,9-10H2,1-4H3,(H,17,21)(H,19,20). The van der Waals surface area contributed by atoms with Crippen molar-refractivity contribution in [2.24, 2.45) is 5.92 Å². The van der Waals surface area contributed by atoms with E-state index in [0.717, 1.165) is 0 Å². The Labute approximate surface area is 136 Å². The fraction of sp³-hybridized carbons (Fsp3) is 0.500. The maximum absolute atomic E-state index is 11.9. The van der Waals surface area contributed by atoms with Gasteiger partial charge in [0.05, 0.1) is 19.6 Å². The van der Waals surface area contributed by atoms with E-state index in [1.54, 1.807) is 27.1 Å². The maximum atomic E-state index is 11.9. The Kier molecular flexibility index (Phi) is 7.18. The summed E-state index contributed by atoms with van der Waals surface area (Å²) in [5, 5.41) is 11.6. The first-order chi connectivity index (χ1) is 10.8. The Morgan fingerprint density at radius 1 is 1.30 bits per heavy atom. The molecule has 0 fully saturated rings. The predicted octanol–water partition coefficient (Wildman–Crippen LogP) is 1.82. The highest BCUT2D eigenvalue weighted by Gasteiger charge is 2.17. The van der Waals surface area contributed by atoms with Crippen LogP contribution in [-0.4, -0.2) is 55.4 Å². The number of carboxylic acid groups (broad SMARTS) is 1. The number of methoxy groups -OCH3 is 1. The van der Waals surface area contributed by atoms with E-state index in [-0.39, 0.29) is 18.7 Å². The number of rotatable bonds is 8. The molecule has 1 aromatic rings. The average Bonchev–Trinajstić information content (AvgIpc) is 2.52. The van der Waals surface area contributed by atoms with Gasteiger partial charge in [0.25, 0.3) is 0 Å². The second-order valence-electron chi connectivity index (χ2n) is 5.41. The third kappa shape index (κ3) is 6.46. The van der Waals surface area contributed by atoms with E-state index in [0.29, 0.717) is 18.0 Å². The maximum Gasteiger partial charge on any atom is 0.317 e.